The van der Waals surface area contributed by atoms with Gasteiger partial charge >= 0.3 is 0 Å². The van der Waals surface area contributed by atoms with Crippen molar-refractivity contribution < 1.29 is 9.59 Å². The molecule has 0 spiro atoms. The fraction of sp³-hybridized carbons (Fsp3) is 0.273. The number of ketones is 1. The molecule has 1 amide bonds. The number of rotatable bonds is 4. The van der Waals surface area contributed by atoms with Crippen LogP contribution in [0.4, 0.5) is 5.69 Å². The van der Waals surface area contributed by atoms with E-state index in [4.69, 9.17) is 5.73 Å². The first kappa shape index (κ1) is 12.9. The predicted molar refractivity (Wildman–Crippen MR) is 66.4 cm³/mol. The lowest BCUT2D eigenvalue weighted by molar-refractivity contribution is -0.123. The molecule has 1 atom stereocenters. The Balaban J connectivity index is 2.66. The maximum Gasteiger partial charge on any atom is 0.245 e. The molecule has 0 aliphatic carbocycles. The number of hydrogen-bond acceptors (Lipinski definition) is 3. The number of halogens is 1. The molecule has 1 aromatic carbocycles. The van der Waals surface area contributed by atoms with Crippen LogP contribution in [0.25, 0.3) is 0 Å². The molecule has 3 N–H and O–H groups in total. The normalized spacial score (nSPS) is 11.9. The Kier molecular flexibility index (Phi) is 4.64. The summed E-state index contributed by atoms with van der Waals surface area (Å²) in [4.78, 5) is 21.7. The molecule has 16 heavy (non-hydrogen) atoms. The lowest BCUT2D eigenvalue weighted by Gasteiger charge is -2.08. The summed E-state index contributed by atoms with van der Waals surface area (Å²) in [6.45, 7) is 1.82. The van der Waals surface area contributed by atoms with Crippen LogP contribution in [0.15, 0.2) is 24.3 Å². The molecule has 86 valence electrons. The van der Waals surface area contributed by atoms with Crippen LogP contribution in [0.3, 0.4) is 0 Å². The maximum absolute atomic E-state index is 11.5. The van der Waals surface area contributed by atoms with E-state index in [1.165, 1.54) is 6.92 Å². The van der Waals surface area contributed by atoms with Crippen molar-refractivity contribution >= 4 is 33.3 Å². The van der Waals surface area contributed by atoms with Gasteiger partial charge < -0.3 is 11.1 Å². The number of Topliss-reactive ketones (excluding diaryl/α,β-unsaturated/α-hetero) is 1. The highest BCUT2D eigenvalue weighted by Crippen LogP contribution is 2.11. The average Bonchev–Trinajstić information content (AvgIpc) is 2.28. The Morgan fingerprint density at radius 2 is 1.94 bits per heavy atom. The maximum atomic E-state index is 11.5. The number of benzene rings is 1. The van der Waals surface area contributed by atoms with Crippen molar-refractivity contribution in [3.05, 3.63) is 29.8 Å². The second-order valence-electron chi connectivity index (χ2n) is 3.36. The third-order valence-electron chi connectivity index (χ3n) is 2.04. The molecule has 0 aliphatic heterocycles. The number of amides is 1. The third-order valence-corrected chi connectivity index (χ3v) is 3.10. The molecule has 0 saturated heterocycles. The summed E-state index contributed by atoms with van der Waals surface area (Å²) in [5.41, 5.74) is 7.08. The van der Waals surface area contributed by atoms with Crippen LogP contribution in [0.1, 0.15) is 12.5 Å². The van der Waals surface area contributed by atoms with Gasteiger partial charge in [-0.15, -0.1) is 0 Å². The van der Waals surface area contributed by atoms with Crippen LogP contribution in [0, 0.1) is 0 Å². The first-order chi connectivity index (χ1) is 7.54. The quantitative estimate of drug-likeness (QED) is 0.649. The second-order valence-corrected chi connectivity index (χ2v) is 4.28. The van der Waals surface area contributed by atoms with Crippen LogP contribution < -0.4 is 11.1 Å². The number of hydrogen-bond donors (Lipinski definition) is 2. The summed E-state index contributed by atoms with van der Waals surface area (Å²) in [6.07, 6.45) is 0. The molecular formula is C11H13BrN2O2. The number of carbonyl (C=O) groups excluding carboxylic acids is 2. The van der Waals surface area contributed by atoms with E-state index in [0.717, 1.165) is 5.56 Å². The van der Waals surface area contributed by atoms with Gasteiger partial charge in [0.2, 0.25) is 5.91 Å². The highest BCUT2D eigenvalue weighted by molar-refractivity contribution is 9.10. The zero-order valence-electron chi connectivity index (χ0n) is 8.87. The van der Waals surface area contributed by atoms with Gasteiger partial charge in [0.1, 0.15) is 0 Å². The SMILES string of the molecule is CC(=O)C(Br)C(=O)Nc1ccc(CN)cc1. The Morgan fingerprint density at radius 1 is 1.38 bits per heavy atom. The van der Waals surface area contributed by atoms with Crippen LogP contribution in [0.5, 0.6) is 0 Å². The molecule has 1 unspecified atom stereocenters. The molecular weight excluding hydrogens is 272 g/mol. The van der Waals surface area contributed by atoms with Crippen LogP contribution in [-0.2, 0) is 16.1 Å². The van der Waals surface area contributed by atoms with Crippen molar-refractivity contribution in [1.29, 1.82) is 0 Å². The third kappa shape index (κ3) is 3.43. The largest absolute Gasteiger partial charge is 0.326 e. The highest BCUT2D eigenvalue weighted by atomic mass is 79.9. The Hall–Kier alpha value is -1.20. The predicted octanol–water partition coefficient (Wildman–Crippen LogP) is 1.44. The Bertz CT molecular complexity index is 389. The molecule has 1 rings (SSSR count). The molecule has 0 heterocycles. The molecule has 0 saturated carbocycles. The minimum atomic E-state index is -0.804. The molecule has 0 bridgehead atoms. The molecule has 5 heteroatoms. The van der Waals surface area contributed by atoms with Crippen molar-refractivity contribution in [3.63, 3.8) is 0 Å². The van der Waals surface area contributed by atoms with Gasteiger partial charge in [-0.1, -0.05) is 28.1 Å². The molecule has 0 radical (unpaired) electrons. The molecule has 0 aliphatic rings. The van der Waals surface area contributed by atoms with Gasteiger partial charge in [-0.2, -0.15) is 0 Å². The first-order valence-corrected chi connectivity index (χ1v) is 5.70. The van der Waals surface area contributed by atoms with Crippen molar-refractivity contribution in [3.8, 4) is 0 Å². The van der Waals surface area contributed by atoms with Crippen molar-refractivity contribution in [2.24, 2.45) is 5.73 Å². The molecule has 0 fully saturated rings. The van der Waals surface area contributed by atoms with Crippen molar-refractivity contribution in [2.45, 2.75) is 18.3 Å². The zero-order valence-corrected chi connectivity index (χ0v) is 10.5. The highest BCUT2D eigenvalue weighted by Gasteiger charge is 2.19. The summed E-state index contributed by atoms with van der Waals surface area (Å²) in [5, 5.41) is 2.63. The van der Waals surface area contributed by atoms with Crippen LogP contribution in [0.2, 0.25) is 0 Å². The van der Waals surface area contributed by atoms with E-state index in [1.807, 2.05) is 12.1 Å². The number of alkyl halides is 1. The van der Waals surface area contributed by atoms with Crippen molar-refractivity contribution in [2.75, 3.05) is 5.32 Å². The molecule has 0 aromatic heterocycles. The Labute approximate surface area is 102 Å². The van der Waals surface area contributed by atoms with Gasteiger partial charge in [-0.25, -0.2) is 0 Å². The topological polar surface area (TPSA) is 72.2 Å². The number of anilines is 1. The van der Waals surface area contributed by atoms with E-state index >= 15 is 0 Å². The summed E-state index contributed by atoms with van der Waals surface area (Å²) in [5.74, 6) is -0.593. The van der Waals surface area contributed by atoms with E-state index in [0.29, 0.717) is 12.2 Å². The van der Waals surface area contributed by atoms with E-state index in [9.17, 15) is 9.59 Å². The summed E-state index contributed by atoms with van der Waals surface area (Å²) in [6, 6.07) is 7.15. The van der Waals surface area contributed by atoms with E-state index in [-0.39, 0.29) is 11.7 Å². The number of carbonyl (C=O) groups is 2. The summed E-state index contributed by atoms with van der Waals surface area (Å²) < 4.78 is 0. The molecule has 4 nitrogen and oxygen atoms in total. The minimum absolute atomic E-state index is 0.226. The fourth-order valence-electron chi connectivity index (χ4n) is 1.11. The Morgan fingerprint density at radius 3 is 2.38 bits per heavy atom. The van der Waals surface area contributed by atoms with Gasteiger partial charge in [0.15, 0.2) is 10.6 Å². The van der Waals surface area contributed by atoms with Crippen LogP contribution >= 0.6 is 15.9 Å². The first-order valence-electron chi connectivity index (χ1n) is 4.79. The van der Waals surface area contributed by atoms with Crippen LogP contribution in [-0.4, -0.2) is 16.5 Å². The standard InChI is InChI=1S/C11H13BrN2O2/c1-7(15)10(12)11(16)14-9-4-2-8(6-13)3-5-9/h2-5,10H,6,13H2,1H3,(H,14,16). The van der Waals surface area contributed by atoms with Gasteiger partial charge in [0.05, 0.1) is 0 Å². The van der Waals surface area contributed by atoms with Crippen molar-refractivity contribution in [1.82, 2.24) is 0 Å². The van der Waals surface area contributed by atoms with Gasteiger partial charge in [-0.05, 0) is 24.6 Å². The van der Waals surface area contributed by atoms with Gasteiger partial charge in [0, 0.05) is 12.2 Å². The average molecular weight is 285 g/mol. The summed E-state index contributed by atoms with van der Waals surface area (Å²) >= 11 is 3.01. The molecule has 1 aromatic rings. The number of nitrogens with one attached hydrogen (secondary N) is 1. The minimum Gasteiger partial charge on any atom is -0.326 e. The van der Waals surface area contributed by atoms with E-state index in [2.05, 4.69) is 21.2 Å². The summed E-state index contributed by atoms with van der Waals surface area (Å²) in [7, 11) is 0. The monoisotopic (exact) mass is 284 g/mol. The second kappa shape index (κ2) is 5.77. The van der Waals surface area contributed by atoms with Gasteiger partial charge in [-0.3, -0.25) is 9.59 Å². The van der Waals surface area contributed by atoms with E-state index in [1.54, 1.807) is 12.1 Å². The lowest BCUT2D eigenvalue weighted by Crippen LogP contribution is -2.28. The lowest BCUT2D eigenvalue weighted by atomic mass is 10.2. The number of nitrogens with two attached hydrogens (primary N) is 1. The zero-order chi connectivity index (χ0) is 12.1. The van der Waals surface area contributed by atoms with Gasteiger partial charge in [0.25, 0.3) is 0 Å². The van der Waals surface area contributed by atoms with E-state index < -0.39 is 4.83 Å². The fourth-order valence-corrected chi connectivity index (χ4v) is 1.23. The smallest absolute Gasteiger partial charge is 0.245 e.